The first-order valence-electron chi connectivity index (χ1n) is 13.5. The van der Waals surface area contributed by atoms with Gasteiger partial charge < -0.3 is 20.3 Å². The third-order valence-electron chi connectivity index (χ3n) is 6.44. The average molecular weight is 555 g/mol. The van der Waals surface area contributed by atoms with Crippen LogP contribution in [0.1, 0.15) is 54.6 Å². The molecule has 0 aliphatic rings. The van der Waals surface area contributed by atoms with Crippen LogP contribution in [0.3, 0.4) is 0 Å². The van der Waals surface area contributed by atoms with Gasteiger partial charge in [-0.05, 0) is 63.8 Å². The molecule has 0 saturated carbocycles. The summed E-state index contributed by atoms with van der Waals surface area (Å²) >= 11 is 0. The summed E-state index contributed by atoms with van der Waals surface area (Å²) in [7, 11) is 0. The van der Waals surface area contributed by atoms with Crippen molar-refractivity contribution >= 4 is 23.6 Å². The molecule has 0 spiro atoms. The van der Waals surface area contributed by atoms with E-state index in [0.717, 1.165) is 22.3 Å². The Morgan fingerprint density at radius 1 is 0.927 bits per heavy atom. The second-order valence-corrected chi connectivity index (χ2v) is 11.1. The van der Waals surface area contributed by atoms with Crippen molar-refractivity contribution < 1.29 is 19.1 Å². The van der Waals surface area contributed by atoms with Crippen molar-refractivity contribution in [2.75, 3.05) is 11.9 Å². The van der Waals surface area contributed by atoms with Crippen molar-refractivity contribution in [2.24, 2.45) is 0 Å². The van der Waals surface area contributed by atoms with Gasteiger partial charge in [0.05, 0.1) is 6.07 Å². The van der Waals surface area contributed by atoms with Crippen LogP contribution >= 0.6 is 0 Å². The summed E-state index contributed by atoms with van der Waals surface area (Å²) in [6.45, 7) is 10.5. The van der Waals surface area contributed by atoms with Gasteiger partial charge in [0.25, 0.3) is 5.91 Å². The zero-order valence-electron chi connectivity index (χ0n) is 24.5. The van der Waals surface area contributed by atoms with Gasteiger partial charge in [0.1, 0.15) is 24.2 Å². The van der Waals surface area contributed by atoms with Crippen LogP contribution in [0, 0.1) is 32.1 Å². The Morgan fingerprint density at radius 2 is 1.56 bits per heavy atom. The van der Waals surface area contributed by atoms with Gasteiger partial charge in [-0.1, -0.05) is 78.4 Å². The largest absolute Gasteiger partial charge is 0.444 e. The molecule has 3 rings (SSSR count). The second kappa shape index (κ2) is 13.6. The fourth-order valence-corrected chi connectivity index (χ4v) is 4.59. The van der Waals surface area contributed by atoms with Crippen LogP contribution in [-0.2, 0) is 20.7 Å². The minimum atomic E-state index is -1.14. The fourth-order valence-electron chi connectivity index (χ4n) is 4.59. The number of nitriles is 1. The Labute approximate surface area is 242 Å². The molecule has 8 nitrogen and oxygen atoms in total. The number of anilines is 1. The van der Waals surface area contributed by atoms with Crippen LogP contribution in [0.5, 0.6) is 0 Å². The molecule has 214 valence electrons. The summed E-state index contributed by atoms with van der Waals surface area (Å²) in [6.07, 6.45) is -0.629. The van der Waals surface area contributed by atoms with Crippen LogP contribution in [0.25, 0.3) is 0 Å². The number of carbonyl (C=O) groups excluding carboxylic acids is 3. The van der Waals surface area contributed by atoms with Gasteiger partial charge in [0.15, 0.2) is 0 Å². The van der Waals surface area contributed by atoms with Crippen molar-refractivity contribution in [3.63, 3.8) is 0 Å². The lowest BCUT2D eigenvalue weighted by Crippen LogP contribution is -2.53. The van der Waals surface area contributed by atoms with E-state index in [4.69, 9.17) is 4.74 Å². The highest BCUT2D eigenvalue weighted by atomic mass is 16.6. The molecule has 41 heavy (non-hydrogen) atoms. The third kappa shape index (κ3) is 8.67. The summed E-state index contributed by atoms with van der Waals surface area (Å²) in [6, 6.07) is 22.0. The lowest BCUT2D eigenvalue weighted by Gasteiger charge is -2.33. The molecule has 0 heterocycles. The van der Waals surface area contributed by atoms with Gasteiger partial charge in [-0.15, -0.1) is 0 Å². The Morgan fingerprint density at radius 3 is 2.15 bits per heavy atom. The zero-order chi connectivity index (χ0) is 30.2. The molecule has 3 aromatic carbocycles. The Balaban J connectivity index is 2.07. The van der Waals surface area contributed by atoms with Gasteiger partial charge in [-0.3, -0.25) is 9.59 Å². The minimum Gasteiger partial charge on any atom is -0.444 e. The van der Waals surface area contributed by atoms with Crippen molar-refractivity contribution in [1.82, 2.24) is 10.2 Å². The molecule has 2 atom stereocenters. The molecule has 2 N–H and O–H groups in total. The van der Waals surface area contributed by atoms with E-state index >= 15 is 0 Å². The maximum atomic E-state index is 14.3. The Bertz CT molecular complexity index is 1400. The Hall–Kier alpha value is -4.64. The summed E-state index contributed by atoms with van der Waals surface area (Å²) in [5.74, 6) is -1.04. The molecule has 0 aliphatic heterocycles. The standard InChI is InChI=1S/C33H38N4O4/c1-22-12-10-17-26(20-22)29(30(38)36-28-23(2)13-11-14-24(28)3)37(19-18-34)31(39)27(21-25-15-8-7-9-16-25)35-32(40)41-33(4,5)6/h7-17,20,27,29H,19,21H2,1-6H3,(H,35,40)(H,36,38). The van der Waals surface area contributed by atoms with Gasteiger partial charge in [-0.2, -0.15) is 5.26 Å². The summed E-state index contributed by atoms with van der Waals surface area (Å²) in [4.78, 5) is 42.3. The summed E-state index contributed by atoms with van der Waals surface area (Å²) in [5, 5.41) is 15.5. The average Bonchev–Trinajstić information content (AvgIpc) is 2.89. The number of para-hydroxylation sites is 1. The molecule has 0 aliphatic carbocycles. The fraction of sp³-hybridized carbons (Fsp3) is 0.333. The van der Waals surface area contributed by atoms with Gasteiger partial charge in [-0.25, -0.2) is 4.79 Å². The second-order valence-electron chi connectivity index (χ2n) is 11.1. The highest BCUT2D eigenvalue weighted by molar-refractivity contribution is 6.00. The molecule has 0 saturated heterocycles. The van der Waals surface area contributed by atoms with Crippen molar-refractivity contribution in [3.8, 4) is 6.07 Å². The number of ether oxygens (including phenoxy) is 1. The quantitative estimate of drug-likeness (QED) is 0.326. The van der Waals surface area contributed by atoms with E-state index in [9.17, 15) is 19.6 Å². The number of hydrogen-bond donors (Lipinski definition) is 2. The van der Waals surface area contributed by atoms with E-state index in [1.165, 1.54) is 4.90 Å². The van der Waals surface area contributed by atoms with Crippen LogP contribution < -0.4 is 10.6 Å². The van der Waals surface area contributed by atoms with E-state index in [2.05, 4.69) is 10.6 Å². The predicted molar refractivity (Wildman–Crippen MR) is 159 cm³/mol. The summed E-state index contributed by atoms with van der Waals surface area (Å²) < 4.78 is 5.44. The van der Waals surface area contributed by atoms with Crippen molar-refractivity contribution in [1.29, 1.82) is 5.26 Å². The Kier molecular flexibility index (Phi) is 10.3. The SMILES string of the molecule is Cc1cccc(C(C(=O)Nc2c(C)cccc2C)N(CC#N)C(=O)C(Cc2ccccc2)NC(=O)OC(C)(C)C)c1. The summed E-state index contributed by atoms with van der Waals surface area (Å²) in [5.41, 5.74) is 3.84. The first-order valence-corrected chi connectivity index (χ1v) is 13.5. The van der Waals surface area contributed by atoms with Crippen LogP contribution in [0.4, 0.5) is 10.5 Å². The molecule has 3 amide bonds. The normalized spacial score (nSPS) is 12.4. The molecular weight excluding hydrogens is 516 g/mol. The number of rotatable bonds is 9. The smallest absolute Gasteiger partial charge is 0.408 e. The predicted octanol–water partition coefficient (Wildman–Crippen LogP) is 5.78. The van der Waals surface area contributed by atoms with E-state index in [1.807, 2.05) is 87.5 Å². The lowest BCUT2D eigenvalue weighted by molar-refractivity contribution is -0.140. The number of benzene rings is 3. The third-order valence-corrected chi connectivity index (χ3v) is 6.44. The first-order chi connectivity index (χ1) is 19.4. The molecule has 0 fully saturated rings. The number of amides is 3. The topological polar surface area (TPSA) is 112 Å². The molecule has 0 aromatic heterocycles. The van der Waals surface area contributed by atoms with Crippen LogP contribution in [-0.4, -0.2) is 41.0 Å². The highest BCUT2D eigenvalue weighted by Crippen LogP contribution is 2.27. The minimum absolute atomic E-state index is 0.139. The maximum absolute atomic E-state index is 14.3. The zero-order valence-corrected chi connectivity index (χ0v) is 24.5. The number of hydrogen-bond acceptors (Lipinski definition) is 5. The molecule has 3 aromatic rings. The first kappa shape index (κ1) is 30.9. The maximum Gasteiger partial charge on any atom is 0.408 e. The molecule has 8 heteroatoms. The number of carbonyl (C=O) groups is 3. The molecule has 2 unspecified atom stereocenters. The van der Waals surface area contributed by atoms with E-state index in [0.29, 0.717) is 11.3 Å². The number of alkyl carbamates (subject to hydrolysis) is 1. The monoisotopic (exact) mass is 554 g/mol. The number of aryl methyl sites for hydroxylation is 3. The number of nitrogens with zero attached hydrogens (tertiary/aromatic N) is 2. The van der Waals surface area contributed by atoms with E-state index < -0.39 is 35.6 Å². The lowest BCUT2D eigenvalue weighted by atomic mass is 9.98. The van der Waals surface area contributed by atoms with Gasteiger partial charge in [0.2, 0.25) is 5.91 Å². The van der Waals surface area contributed by atoms with Crippen molar-refractivity contribution in [3.05, 3.63) is 101 Å². The molecule has 0 bridgehead atoms. The van der Waals surface area contributed by atoms with Crippen molar-refractivity contribution in [2.45, 2.75) is 65.6 Å². The van der Waals surface area contributed by atoms with Gasteiger partial charge >= 0.3 is 6.09 Å². The van der Waals surface area contributed by atoms with E-state index in [1.54, 1.807) is 32.9 Å². The molecular formula is C33H38N4O4. The highest BCUT2D eigenvalue weighted by Gasteiger charge is 2.36. The molecule has 0 radical (unpaired) electrons. The van der Waals surface area contributed by atoms with Crippen LogP contribution in [0.15, 0.2) is 72.8 Å². The van der Waals surface area contributed by atoms with Gasteiger partial charge in [0, 0.05) is 12.1 Å². The number of nitrogens with one attached hydrogen (secondary N) is 2. The van der Waals surface area contributed by atoms with Crippen LogP contribution in [0.2, 0.25) is 0 Å². The van der Waals surface area contributed by atoms with E-state index in [-0.39, 0.29) is 13.0 Å².